The number of nitrogens with one attached hydrogen (secondary N) is 1. The van der Waals surface area contributed by atoms with E-state index in [1.165, 1.54) is 0 Å². The molecule has 0 unspecified atom stereocenters. The van der Waals surface area contributed by atoms with E-state index >= 15 is 0 Å². The summed E-state index contributed by atoms with van der Waals surface area (Å²) < 4.78 is 5.37. The number of hydrazine groups is 1. The second kappa shape index (κ2) is 5.95. The first-order valence-corrected chi connectivity index (χ1v) is 5.99. The average molecular weight is 236 g/mol. The first-order chi connectivity index (χ1) is 8.29. The van der Waals surface area contributed by atoms with Crippen molar-refractivity contribution in [2.24, 2.45) is 5.84 Å². The molecule has 3 N–H and O–H groups in total. The second-order valence-corrected chi connectivity index (χ2v) is 4.44. The maximum atomic E-state index is 5.38. The summed E-state index contributed by atoms with van der Waals surface area (Å²) in [5, 5.41) is 0. The normalized spacial score (nSPS) is 17.4. The van der Waals surface area contributed by atoms with Crippen molar-refractivity contribution in [1.29, 1.82) is 0 Å². The van der Waals surface area contributed by atoms with Crippen molar-refractivity contribution in [3.05, 3.63) is 24.0 Å². The molecule has 0 spiro atoms. The van der Waals surface area contributed by atoms with E-state index in [9.17, 15) is 0 Å². The Balaban J connectivity index is 1.94. The van der Waals surface area contributed by atoms with Gasteiger partial charge in [-0.25, -0.2) is 0 Å². The number of rotatable bonds is 4. The number of hydrogen-bond acceptors (Lipinski definition) is 5. The molecule has 1 saturated heterocycles. The lowest BCUT2D eigenvalue weighted by atomic mass is 10.1. The van der Waals surface area contributed by atoms with Crippen LogP contribution in [0.5, 0.6) is 0 Å². The molecule has 0 amide bonds. The zero-order valence-corrected chi connectivity index (χ0v) is 10.2. The molecule has 0 saturated carbocycles. The summed E-state index contributed by atoms with van der Waals surface area (Å²) >= 11 is 0. The fraction of sp³-hybridized carbons (Fsp3) is 0.583. The van der Waals surface area contributed by atoms with Crippen LogP contribution in [-0.2, 0) is 11.3 Å². The molecule has 2 rings (SSSR count). The van der Waals surface area contributed by atoms with Crippen LogP contribution in [0.4, 0.5) is 5.69 Å². The highest BCUT2D eigenvalue weighted by Gasteiger charge is 2.18. The van der Waals surface area contributed by atoms with Gasteiger partial charge in [0.2, 0.25) is 0 Å². The van der Waals surface area contributed by atoms with Gasteiger partial charge in [-0.05, 0) is 32.0 Å². The molecule has 0 aliphatic carbocycles. The molecule has 0 radical (unpaired) electrons. The lowest BCUT2D eigenvalue weighted by Gasteiger charge is -2.30. The van der Waals surface area contributed by atoms with Crippen LogP contribution in [0.1, 0.15) is 18.5 Å². The van der Waals surface area contributed by atoms with Crippen LogP contribution in [0.2, 0.25) is 0 Å². The molecule has 0 aromatic carbocycles. The van der Waals surface area contributed by atoms with E-state index in [0.717, 1.165) is 44.0 Å². The zero-order chi connectivity index (χ0) is 12.1. The Kier molecular flexibility index (Phi) is 4.30. The summed E-state index contributed by atoms with van der Waals surface area (Å²) in [4.78, 5) is 6.69. The molecule has 1 fully saturated rings. The van der Waals surface area contributed by atoms with Gasteiger partial charge in [-0.3, -0.25) is 15.7 Å². The molecule has 0 bridgehead atoms. The number of anilines is 1. The fourth-order valence-electron chi connectivity index (χ4n) is 2.16. The maximum Gasteiger partial charge on any atom is 0.0564 e. The number of aromatic nitrogens is 1. The second-order valence-electron chi connectivity index (χ2n) is 4.44. The van der Waals surface area contributed by atoms with Crippen LogP contribution < -0.4 is 11.3 Å². The van der Waals surface area contributed by atoms with Gasteiger partial charge in [-0.1, -0.05) is 0 Å². The maximum absolute atomic E-state index is 5.38. The highest BCUT2D eigenvalue weighted by molar-refractivity contribution is 5.41. The Labute approximate surface area is 102 Å². The Hall–Kier alpha value is -1.17. The third-order valence-electron chi connectivity index (χ3n) is 3.21. The molecule has 17 heavy (non-hydrogen) atoms. The molecule has 2 heterocycles. The van der Waals surface area contributed by atoms with Gasteiger partial charge in [0.25, 0.3) is 0 Å². The highest BCUT2D eigenvalue weighted by atomic mass is 16.5. The van der Waals surface area contributed by atoms with Gasteiger partial charge in [0.1, 0.15) is 0 Å². The molecule has 5 nitrogen and oxygen atoms in total. The average Bonchev–Trinajstić information content (AvgIpc) is 2.40. The van der Waals surface area contributed by atoms with Gasteiger partial charge in [0.15, 0.2) is 0 Å². The zero-order valence-electron chi connectivity index (χ0n) is 10.2. The minimum atomic E-state index is 0.597. The molecule has 1 aliphatic rings. The van der Waals surface area contributed by atoms with E-state index in [0.29, 0.717) is 6.04 Å². The predicted octanol–water partition coefficient (Wildman–Crippen LogP) is 0.978. The van der Waals surface area contributed by atoms with E-state index in [-0.39, 0.29) is 0 Å². The Bertz CT molecular complexity index is 352. The third-order valence-corrected chi connectivity index (χ3v) is 3.21. The van der Waals surface area contributed by atoms with Crippen LogP contribution >= 0.6 is 0 Å². The van der Waals surface area contributed by atoms with E-state index < -0.39 is 0 Å². The third kappa shape index (κ3) is 3.39. The van der Waals surface area contributed by atoms with Gasteiger partial charge in [-0.2, -0.15) is 0 Å². The van der Waals surface area contributed by atoms with Gasteiger partial charge in [0.05, 0.1) is 11.4 Å². The van der Waals surface area contributed by atoms with Crippen LogP contribution in [-0.4, -0.2) is 36.2 Å². The Morgan fingerprint density at radius 1 is 1.53 bits per heavy atom. The number of nitrogens with zero attached hydrogens (tertiary/aromatic N) is 2. The van der Waals surface area contributed by atoms with Crippen molar-refractivity contribution < 1.29 is 4.74 Å². The minimum Gasteiger partial charge on any atom is -0.381 e. The summed E-state index contributed by atoms with van der Waals surface area (Å²) in [6.45, 7) is 2.58. The van der Waals surface area contributed by atoms with Gasteiger partial charge in [0, 0.05) is 32.0 Å². The van der Waals surface area contributed by atoms with Crippen molar-refractivity contribution in [2.45, 2.75) is 25.4 Å². The summed E-state index contributed by atoms with van der Waals surface area (Å²) in [5.74, 6) is 5.38. The molecule has 1 aromatic heterocycles. The molecular formula is C12H20N4O. The predicted molar refractivity (Wildman–Crippen MR) is 67.4 cm³/mol. The molecular weight excluding hydrogens is 216 g/mol. The Morgan fingerprint density at radius 3 is 3.00 bits per heavy atom. The van der Waals surface area contributed by atoms with Crippen molar-refractivity contribution >= 4 is 5.69 Å². The van der Waals surface area contributed by atoms with Crippen molar-refractivity contribution in [3.8, 4) is 0 Å². The summed E-state index contributed by atoms with van der Waals surface area (Å²) in [5.41, 5.74) is 4.58. The molecule has 1 aliphatic heterocycles. The lowest BCUT2D eigenvalue weighted by Crippen LogP contribution is -2.36. The molecule has 0 atom stereocenters. The van der Waals surface area contributed by atoms with Gasteiger partial charge in [-0.15, -0.1) is 0 Å². The number of ether oxygens (including phenoxy) is 1. The van der Waals surface area contributed by atoms with Gasteiger partial charge < -0.3 is 10.2 Å². The first-order valence-electron chi connectivity index (χ1n) is 5.99. The fourth-order valence-corrected chi connectivity index (χ4v) is 2.16. The van der Waals surface area contributed by atoms with Crippen LogP contribution in [0.25, 0.3) is 0 Å². The monoisotopic (exact) mass is 236 g/mol. The van der Waals surface area contributed by atoms with Crippen LogP contribution in [0.3, 0.4) is 0 Å². The summed E-state index contributed by atoms with van der Waals surface area (Å²) in [6.07, 6.45) is 3.99. The van der Waals surface area contributed by atoms with Crippen molar-refractivity contribution in [3.63, 3.8) is 0 Å². The standard InChI is InChI=1S/C12H20N4O/c1-16(12-3-6-17-7-4-12)9-11-8-10(15-13)2-5-14-11/h2,5,8,12H,3-4,6-7,9,13H2,1H3,(H,14,15). The number of hydrogen-bond donors (Lipinski definition) is 2. The van der Waals surface area contributed by atoms with Crippen molar-refractivity contribution in [1.82, 2.24) is 9.88 Å². The molecule has 94 valence electrons. The quantitative estimate of drug-likeness (QED) is 0.602. The van der Waals surface area contributed by atoms with E-state index in [1.54, 1.807) is 6.20 Å². The molecule has 5 heteroatoms. The molecule has 1 aromatic rings. The first kappa shape index (κ1) is 12.3. The lowest BCUT2D eigenvalue weighted by molar-refractivity contribution is 0.0403. The van der Waals surface area contributed by atoms with E-state index in [1.807, 2.05) is 12.1 Å². The van der Waals surface area contributed by atoms with Crippen LogP contribution in [0, 0.1) is 0 Å². The Morgan fingerprint density at radius 2 is 2.29 bits per heavy atom. The van der Waals surface area contributed by atoms with Gasteiger partial charge >= 0.3 is 0 Å². The smallest absolute Gasteiger partial charge is 0.0564 e. The SMILES string of the molecule is CN(Cc1cc(NN)ccn1)C1CCOCC1. The largest absolute Gasteiger partial charge is 0.381 e. The number of nitrogens with two attached hydrogens (primary N) is 1. The summed E-state index contributed by atoms with van der Waals surface area (Å²) in [7, 11) is 2.14. The number of pyridine rings is 1. The summed E-state index contributed by atoms with van der Waals surface area (Å²) in [6, 6.07) is 4.44. The van der Waals surface area contributed by atoms with Crippen LogP contribution in [0.15, 0.2) is 18.3 Å². The van der Waals surface area contributed by atoms with E-state index in [4.69, 9.17) is 10.6 Å². The highest BCUT2D eigenvalue weighted by Crippen LogP contribution is 2.15. The topological polar surface area (TPSA) is 63.4 Å². The van der Waals surface area contributed by atoms with E-state index in [2.05, 4.69) is 22.4 Å². The number of nitrogen functional groups attached to an aromatic ring is 1. The van der Waals surface area contributed by atoms with Crippen molar-refractivity contribution in [2.75, 3.05) is 25.7 Å². The minimum absolute atomic E-state index is 0.597.